The molecule has 4 aliphatic carbocycles. The third-order valence-electron chi connectivity index (χ3n) is 10.6. The summed E-state index contributed by atoms with van der Waals surface area (Å²) in [5, 5.41) is 38.8. The van der Waals surface area contributed by atoms with Crippen molar-refractivity contribution >= 4 is 5.71 Å². The molecular formula is C26H46N2O4. The Morgan fingerprint density at radius 3 is 2.47 bits per heavy atom. The van der Waals surface area contributed by atoms with Crippen LogP contribution in [-0.2, 0) is 4.84 Å². The Kier molecular flexibility index (Phi) is 6.50. The summed E-state index contributed by atoms with van der Waals surface area (Å²) in [4.78, 5) is 7.70. The molecule has 4 rings (SSSR count). The zero-order valence-corrected chi connectivity index (χ0v) is 20.9. The molecule has 0 aliphatic heterocycles. The summed E-state index contributed by atoms with van der Waals surface area (Å²) >= 11 is 0. The van der Waals surface area contributed by atoms with E-state index in [2.05, 4.69) is 23.9 Å². The van der Waals surface area contributed by atoms with Gasteiger partial charge in [-0.2, -0.15) is 0 Å². The molecule has 0 bridgehead atoms. The first kappa shape index (κ1) is 24.4. The molecule has 6 heteroatoms. The van der Waals surface area contributed by atoms with Gasteiger partial charge in [-0.15, -0.1) is 0 Å². The lowest BCUT2D eigenvalue weighted by Gasteiger charge is -2.64. The van der Waals surface area contributed by atoms with Crippen LogP contribution in [0.2, 0.25) is 0 Å². The van der Waals surface area contributed by atoms with E-state index in [-0.39, 0.29) is 17.4 Å². The standard InChI is InChI=1S/C26H46N2O4/c1-18(27-32-16-6-15-28(4)5)25(30)13-14-26(31)22-8-7-19-17-20(29)9-11-23(19,2)21(22)10-12-24(25,26)3/h19-22,29-31H,6-17H2,1-5H3/b27-18-/t19?,20?,21-,22+,23-,24+,25-,26+/m0/s1. The van der Waals surface area contributed by atoms with Crippen LogP contribution in [0.4, 0.5) is 0 Å². The molecule has 0 spiro atoms. The van der Waals surface area contributed by atoms with Gasteiger partial charge in [-0.1, -0.05) is 19.0 Å². The molecule has 32 heavy (non-hydrogen) atoms. The lowest BCUT2D eigenvalue weighted by atomic mass is 9.43. The van der Waals surface area contributed by atoms with E-state index in [0.29, 0.717) is 37.0 Å². The second kappa shape index (κ2) is 8.51. The van der Waals surface area contributed by atoms with Crippen molar-refractivity contribution in [2.24, 2.45) is 33.7 Å². The number of aliphatic hydroxyl groups excluding tert-OH is 1. The molecule has 3 N–H and O–H groups in total. The lowest BCUT2D eigenvalue weighted by molar-refractivity contribution is -0.224. The Hall–Kier alpha value is -0.690. The predicted octanol–water partition coefficient (Wildman–Crippen LogP) is 3.58. The molecular weight excluding hydrogens is 404 g/mol. The molecule has 0 amide bonds. The Labute approximate surface area is 194 Å². The fraction of sp³-hybridized carbons (Fsp3) is 0.962. The first-order valence-electron chi connectivity index (χ1n) is 12.9. The number of rotatable bonds is 6. The zero-order chi connectivity index (χ0) is 23.4. The molecule has 0 saturated heterocycles. The summed E-state index contributed by atoms with van der Waals surface area (Å²) in [6, 6.07) is 0. The Bertz CT molecular complexity index is 729. The molecule has 6 nitrogen and oxygen atoms in total. The lowest BCUT2D eigenvalue weighted by Crippen LogP contribution is -2.66. The molecule has 4 saturated carbocycles. The van der Waals surface area contributed by atoms with E-state index in [0.717, 1.165) is 57.9 Å². The zero-order valence-electron chi connectivity index (χ0n) is 20.9. The van der Waals surface area contributed by atoms with Gasteiger partial charge in [-0.3, -0.25) is 0 Å². The monoisotopic (exact) mass is 450 g/mol. The fourth-order valence-electron chi connectivity index (χ4n) is 8.46. The Morgan fingerprint density at radius 1 is 1.00 bits per heavy atom. The van der Waals surface area contributed by atoms with Crippen molar-refractivity contribution in [2.45, 2.75) is 102 Å². The van der Waals surface area contributed by atoms with Crippen LogP contribution in [0.25, 0.3) is 0 Å². The highest BCUT2D eigenvalue weighted by atomic mass is 16.6. The fourth-order valence-corrected chi connectivity index (χ4v) is 8.46. The molecule has 0 aromatic heterocycles. The van der Waals surface area contributed by atoms with Gasteiger partial charge in [0.25, 0.3) is 0 Å². The van der Waals surface area contributed by atoms with Gasteiger partial charge in [-0.25, -0.2) is 0 Å². The van der Waals surface area contributed by atoms with Crippen LogP contribution < -0.4 is 0 Å². The number of hydrogen-bond donors (Lipinski definition) is 3. The van der Waals surface area contributed by atoms with Crippen LogP contribution >= 0.6 is 0 Å². The minimum atomic E-state index is -1.13. The van der Waals surface area contributed by atoms with Gasteiger partial charge < -0.3 is 25.1 Å². The molecule has 184 valence electrons. The van der Waals surface area contributed by atoms with E-state index in [1.165, 1.54) is 0 Å². The van der Waals surface area contributed by atoms with Crippen molar-refractivity contribution in [3.8, 4) is 0 Å². The van der Waals surface area contributed by atoms with Crippen molar-refractivity contribution in [3.05, 3.63) is 0 Å². The number of oxime groups is 1. The summed E-state index contributed by atoms with van der Waals surface area (Å²) in [7, 11) is 4.08. The molecule has 0 radical (unpaired) electrons. The normalized spacial score (nSPS) is 48.8. The second-order valence-corrected chi connectivity index (χ2v) is 12.2. The first-order chi connectivity index (χ1) is 15.0. The molecule has 0 aromatic carbocycles. The van der Waals surface area contributed by atoms with Crippen LogP contribution in [0.15, 0.2) is 5.16 Å². The molecule has 8 atom stereocenters. The highest BCUT2D eigenvalue weighted by Gasteiger charge is 2.72. The highest BCUT2D eigenvalue weighted by molar-refractivity contribution is 5.91. The largest absolute Gasteiger partial charge is 0.396 e. The van der Waals surface area contributed by atoms with Gasteiger partial charge in [0.1, 0.15) is 12.2 Å². The number of hydrogen-bond acceptors (Lipinski definition) is 6. The van der Waals surface area contributed by atoms with Gasteiger partial charge in [0.2, 0.25) is 0 Å². The first-order valence-corrected chi connectivity index (χ1v) is 12.9. The van der Waals surface area contributed by atoms with E-state index in [4.69, 9.17) is 4.84 Å². The molecule has 0 aromatic rings. The maximum Gasteiger partial charge on any atom is 0.118 e. The third kappa shape index (κ3) is 3.55. The molecule has 4 aliphatic rings. The molecule has 4 fully saturated rings. The second-order valence-electron chi connectivity index (χ2n) is 12.2. The third-order valence-corrected chi connectivity index (χ3v) is 10.6. The highest BCUT2D eigenvalue weighted by Crippen LogP contribution is 2.70. The van der Waals surface area contributed by atoms with Gasteiger partial charge in [0, 0.05) is 12.0 Å². The van der Waals surface area contributed by atoms with Crippen molar-refractivity contribution in [3.63, 3.8) is 0 Å². The number of nitrogens with zero attached hydrogens (tertiary/aromatic N) is 2. The summed E-state index contributed by atoms with van der Waals surface area (Å²) in [6.45, 7) is 7.86. The number of aliphatic hydroxyl groups is 3. The van der Waals surface area contributed by atoms with E-state index in [9.17, 15) is 15.3 Å². The topological polar surface area (TPSA) is 85.5 Å². The minimum absolute atomic E-state index is 0.158. The van der Waals surface area contributed by atoms with E-state index in [1.54, 1.807) is 0 Å². The Morgan fingerprint density at radius 2 is 1.75 bits per heavy atom. The van der Waals surface area contributed by atoms with Crippen LogP contribution in [0.3, 0.4) is 0 Å². The van der Waals surface area contributed by atoms with E-state index < -0.39 is 16.6 Å². The SMILES string of the molecule is C/C(=N/OCCCN(C)C)[C@@]1(O)CC[C@@]2(O)[C@@H]3CCC4CC(O)CC[C@]4(C)[C@H]3CC[C@@]21C. The summed E-state index contributed by atoms with van der Waals surface area (Å²) in [5.74, 6) is 1.23. The summed E-state index contributed by atoms with van der Waals surface area (Å²) in [6.07, 6.45) is 8.66. The quantitative estimate of drug-likeness (QED) is 0.327. The average Bonchev–Trinajstić information content (AvgIpc) is 2.96. The van der Waals surface area contributed by atoms with Crippen LogP contribution in [0.5, 0.6) is 0 Å². The van der Waals surface area contributed by atoms with Crippen LogP contribution in [0.1, 0.15) is 85.0 Å². The van der Waals surface area contributed by atoms with Crippen molar-refractivity contribution in [2.75, 3.05) is 27.2 Å². The number of fused-ring (bicyclic) bond motifs is 5. The van der Waals surface area contributed by atoms with Gasteiger partial charge >= 0.3 is 0 Å². The summed E-state index contributed by atoms with van der Waals surface area (Å²) < 4.78 is 0. The smallest absolute Gasteiger partial charge is 0.118 e. The molecule has 0 heterocycles. The van der Waals surface area contributed by atoms with Gasteiger partial charge in [-0.05, 0) is 108 Å². The maximum absolute atomic E-state index is 12.3. The average molecular weight is 451 g/mol. The van der Waals surface area contributed by atoms with E-state index >= 15 is 0 Å². The van der Waals surface area contributed by atoms with Crippen molar-refractivity contribution in [1.82, 2.24) is 4.90 Å². The minimum Gasteiger partial charge on any atom is -0.396 e. The summed E-state index contributed by atoms with van der Waals surface area (Å²) in [5.41, 5.74) is -1.82. The van der Waals surface area contributed by atoms with Gasteiger partial charge in [0.15, 0.2) is 0 Å². The van der Waals surface area contributed by atoms with Crippen LogP contribution in [0, 0.1) is 28.6 Å². The Balaban J connectivity index is 1.53. The van der Waals surface area contributed by atoms with Crippen LogP contribution in [-0.4, -0.2) is 70.5 Å². The van der Waals surface area contributed by atoms with E-state index in [1.807, 2.05) is 21.0 Å². The van der Waals surface area contributed by atoms with Crippen molar-refractivity contribution < 1.29 is 20.2 Å². The maximum atomic E-state index is 12.3. The predicted molar refractivity (Wildman–Crippen MR) is 126 cm³/mol. The van der Waals surface area contributed by atoms with Gasteiger partial charge in [0.05, 0.1) is 17.4 Å². The van der Waals surface area contributed by atoms with Crippen molar-refractivity contribution in [1.29, 1.82) is 0 Å². The molecule has 2 unspecified atom stereocenters.